The van der Waals surface area contributed by atoms with Gasteiger partial charge in [-0.1, -0.05) is 24.1 Å². The summed E-state index contributed by atoms with van der Waals surface area (Å²) < 4.78 is 0. The first-order valence-corrected chi connectivity index (χ1v) is 5.92. The minimum Gasteiger partial charge on any atom is -0.330 e. The minimum atomic E-state index is 0.825. The zero-order valence-corrected chi connectivity index (χ0v) is 10.3. The van der Waals surface area contributed by atoms with Gasteiger partial charge in [-0.05, 0) is 63.3 Å². The third kappa shape index (κ3) is 3.67. The zero-order valence-electron chi connectivity index (χ0n) is 10.3. The van der Waals surface area contributed by atoms with E-state index >= 15 is 0 Å². The maximum absolute atomic E-state index is 5.49. The van der Waals surface area contributed by atoms with E-state index in [-0.39, 0.29) is 0 Å². The molecule has 1 rings (SSSR count). The zero-order chi connectivity index (χ0) is 11.3. The van der Waals surface area contributed by atoms with Crippen molar-refractivity contribution in [2.75, 3.05) is 6.54 Å². The maximum Gasteiger partial charge on any atom is -0.00773 e. The van der Waals surface area contributed by atoms with Crippen LogP contribution in [0.3, 0.4) is 0 Å². The number of nitrogens with two attached hydrogens (primary N) is 1. The third-order valence-corrected chi connectivity index (χ3v) is 2.97. The topological polar surface area (TPSA) is 26.0 Å². The summed E-state index contributed by atoms with van der Waals surface area (Å²) in [6.45, 7) is 7.43. The second kappa shape index (κ2) is 5.92. The lowest BCUT2D eigenvalue weighted by atomic mass is 9.95. The van der Waals surface area contributed by atoms with Crippen molar-refractivity contribution in [2.24, 2.45) is 5.73 Å². The maximum atomic E-state index is 5.49. The van der Waals surface area contributed by atoms with Crippen LogP contribution in [0, 0.1) is 20.8 Å². The van der Waals surface area contributed by atoms with Crippen LogP contribution in [0.15, 0.2) is 12.1 Å². The van der Waals surface area contributed by atoms with E-state index < -0.39 is 0 Å². The molecule has 0 fully saturated rings. The molecule has 0 aliphatic rings. The smallest absolute Gasteiger partial charge is 0.00773 e. The second-order valence-electron chi connectivity index (χ2n) is 4.48. The molecule has 1 aromatic carbocycles. The van der Waals surface area contributed by atoms with Crippen LogP contribution in [0.25, 0.3) is 0 Å². The van der Waals surface area contributed by atoms with Gasteiger partial charge in [0, 0.05) is 0 Å². The highest BCUT2D eigenvalue weighted by Gasteiger charge is 2.03. The van der Waals surface area contributed by atoms with Crippen molar-refractivity contribution in [1.82, 2.24) is 0 Å². The highest BCUT2D eigenvalue weighted by molar-refractivity contribution is 5.37. The Labute approximate surface area is 93.7 Å². The van der Waals surface area contributed by atoms with Gasteiger partial charge in [0.2, 0.25) is 0 Å². The Bertz CT molecular complexity index is 292. The Morgan fingerprint density at radius 2 is 1.53 bits per heavy atom. The number of rotatable bonds is 5. The highest BCUT2D eigenvalue weighted by Crippen LogP contribution is 2.18. The van der Waals surface area contributed by atoms with Gasteiger partial charge in [-0.2, -0.15) is 0 Å². The van der Waals surface area contributed by atoms with Crippen molar-refractivity contribution in [1.29, 1.82) is 0 Å². The SMILES string of the molecule is Cc1cc(C)c(CCCCCN)c(C)c1. The fourth-order valence-electron chi connectivity index (χ4n) is 2.23. The fourth-order valence-corrected chi connectivity index (χ4v) is 2.23. The molecule has 1 nitrogen and oxygen atoms in total. The van der Waals surface area contributed by atoms with E-state index in [2.05, 4.69) is 32.9 Å². The standard InChI is InChI=1S/C14H23N/c1-11-9-12(2)14(13(3)10-11)7-5-4-6-8-15/h9-10H,4-8,15H2,1-3H3. The molecule has 1 aromatic rings. The highest BCUT2D eigenvalue weighted by atomic mass is 14.5. The summed E-state index contributed by atoms with van der Waals surface area (Å²) >= 11 is 0. The molecule has 0 aromatic heterocycles. The van der Waals surface area contributed by atoms with Crippen LogP contribution in [0.1, 0.15) is 41.5 Å². The molecule has 0 amide bonds. The van der Waals surface area contributed by atoms with Crippen LogP contribution in [-0.2, 0) is 6.42 Å². The molecule has 0 aliphatic heterocycles. The van der Waals surface area contributed by atoms with Crippen molar-refractivity contribution in [3.63, 3.8) is 0 Å². The quantitative estimate of drug-likeness (QED) is 0.733. The van der Waals surface area contributed by atoms with Gasteiger partial charge < -0.3 is 5.73 Å². The molecule has 15 heavy (non-hydrogen) atoms. The first-order valence-electron chi connectivity index (χ1n) is 5.92. The van der Waals surface area contributed by atoms with Gasteiger partial charge in [0.15, 0.2) is 0 Å². The van der Waals surface area contributed by atoms with Crippen molar-refractivity contribution in [3.8, 4) is 0 Å². The van der Waals surface area contributed by atoms with E-state index in [9.17, 15) is 0 Å². The molecule has 0 bridgehead atoms. The fraction of sp³-hybridized carbons (Fsp3) is 0.571. The first kappa shape index (κ1) is 12.3. The van der Waals surface area contributed by atoms with Crippen LogP contribution in [0.2, 0.25) is 0 Å². The number of hydrogen-bond acceptors (Lipinski definition) is 1. The predicted octanol–water partition coefficient (Wildman–Crippen LogP) is 3.28. The average Bonchev–Trinajstić information content (AvgIpc) is 2.15. The van der Waals surface area contributed by atoms with Crippen molar-refractivity contribution < 1.29 is 0 Å². The van der Waals surface area contributed by atoms with Gasteiger partial charge in [0.05, 0.1) is 0 Å². The largest absolute Gasteiger partial charge is 0.330 e. The molecule has 0 radical (unpaired) electrons. The molecular weight excluding hydrogens is 182 g/mol. The average molecular weight is 205 g/mol. The number of aryl methyl sites for hydroxylation is 3. The Morgan fingerprint density at radius 3 is 2.07 bits per heavy atom. The molecule has 0 atom stereocenters. The second-order valence-corrected chi connectivity index (χ2v) is 4.48. The van der Waals surface area contributed by atoms with Crippen molar-refractivity contribution >= 4 is 0 Å². The molecule has 0 saturated heterocycles. The Balaban J connectivity index is 2.60. The lowest BCUT2D eigenvalue weighted by Crippen LogP contribution is -1.99. The van der Waals surface area contributed by atoms with Crippen molar-refractivity contribution in [3.05, 3.63) is 34.4 Å². The van der Waals surface area contributed by atoms with Gasteiger partial charge >= 0.3 is 0 Å². The lowest BCUT2D eigenvalue weighted by Gasteiger charge is -2.11. The number of hydrogen-bond donors (Lipinski definition) is 1. The molecule has 0 spiro atoms. The Hall–Kier alpha value is -0.820. The van der Waals surface area contributed by atoms with E-state index in [1.54, 1.807) is 0 Å². The Morgan fingerprint density at radius 1 is 0.933 bits per heavy atom. The molecule has 0 unspecified atom stereocenters. The molecular formula is C14H23N. The monoisotopic (exact) mass is 205 g/mol. The van der Waals surface area contributed by atoms with E-state index in [1.165, 1.54) is 41.5 Å². The first-order chi connectivity index (χ1) is 7.15. The van der Waals surface area contributed by atoms with Gasteiger partial charge in [-0.25, -0.2) is 0 Å². The van der Waals surface area contributed by atoms with E-state index in [0.717, 1.165) is 13.0 Å². The van der Waals surface area contributed by atoms with Crippen LogP contribution in [0.4, 0.5) is 0 Å². The van der Waals surface area contributed by atoms with E-state index in [0.29, 0.717) is 0 Å². The summed E-state index contributed by atoms with van der Waals surface area (Å²) in [4.78, 5) is 0. The van der Waals surface area contributed by atoms with Crippen LogP contribution >= 0.6 is 0 Å². The third-order valence-electron chi connectivity index (χ3n) is 2.97. The molecule has 1 heteroatoms. The summed E-state index contributed by atoms with van der Waals surface area (Å²) in [7, 11) is 0. The van der Waals surface area contributed by atoms with Crippen LogP contribution in [0.5, 0.6) is 0 Å². The minimum absolute atomic E-state index is 0.825. The summed E-state index contributed by atoms with van der Waals surface area (Å²) in [6.07, 6.45) is 4.88. The number of unbranched alkanes of at least 4 members (excludes halogenated alkanes) is 2. The predicted molar refractivity (Wildman–Crippen MR) is 67.3 cm³/mol. The molecule has 0 aliphatic carbocycles. The summed E-state index contributed by atoms with van der Waals surface area (Å²) in [5.41, 5.74) is 11.3. The number of benzene rings is 1. The van der Waals surface area contributed by atoms with Crippen LogP contribution < -0.4 is 5.73 Å². The van der Waals surface area contributed by atoms with Gasteiger partial charge in [-0.15, -0.1) is 0 Å². The summed E-state index contributed by atoms with van der Waals surface area (Å²) in [6, 6.07) is 4.57. The molecule has 2 N–H and O–H groups in total. The summed E-state index contributed by atoms with van der Waals surface area (Å²) in [5, 5.41) is 0. The van der Waals surface area contributed by atoms with Gasteiger partial charge in [-0.3, -0.25) is 0 Å². The molecule has 0 heterocycles. The van der Waals surface area contributed by atoms with E-state index in [4.69, 9.17) is 5.73 Å². The van der Waals surface area contributed by atoms with Crippen molar-refractivity contribution in [2.45, 2.75) is 46.5 Å². The lowest BCUT2D eigenvalue weighted by molar-refractivity contribution is 0.683. The molecule has 0 saturated carbocycles. The van der Waals surface area contributed by atoms with Gasteiger partial charge in [0.25, 0.3) is 0 Å². The molecule has 84 valence electrons. The normalized spacial score (nSPS) is 10.7. The Kier molecular flexibility index (Phi) is 4.83. The summed E-state index contributed by atoms with van der Waals surface area (Å²) in [5.74, 6) is 0. The van der Waals surface area contributed by atoms with Gasteiger partial charge in [0.1, 0.15) is 0 Å². The van der Waals surface area contributed by atoms with Crippen LogP contribution in [-0.4, -0.2) is 6.54 Å². The van der Waals surface area contributed by atoms with E-state index in [1.807, 2.05) is 0 Å².